The van der Waals surface area contributed by atoms with Gasteiger partial charge in [-0.2, -0.15) is 5.10 Å². The molecule has 2 aromatic carbocycles. The summed E-state index contributed by atoms with van der Waals surface area (Å²) >= 11 is 6.84. The number of nitrogens with one attached hydrogen (secondary N) is 1. The van der Waals surface area contributed by atoms with Gasteiger partial charge in [0.2, 0.25) is 0 Å². The molecule has 0 fully saturated rings. The van der Waals surface area contributed by atoms with Crippen LogP contribution in [0.1, 0.15) is 42.6 Å². The molecule has 0 bridgehead atoms. The summed E-state index contributed by atoms with van der Waals surface area (Å²) in [7, 11) is 0. The van der Waals surface area contributed by atoms with Crippen LogP contribution in [0.25, 0.3) is 33.1 Å². The van der Waals surface area contributed by atoms with Crippen molar-refractivity contribution in [2.45, 2.75) is 26.7 Å². The third-order valence-electron chi connectivity index (χ3n) is 4.76. The molecule has 0 saturated heterocycles. The molecule has 0 amide bonds. The molecule has 4 rings (SSSR count). The Hall–Kier alpha value is -2.92. The van der Waals surface area contributed by atoms with E-state index >= 15 is 0 Å². The Bertz CT molecular complexity index is 1180. The van der Waals surface area contributed by atoms with Crippen LogP contribution >= 0.6 is 11.6 Å². The number of rotatable bonds is 4. The third-order valence-corrected chi connectivity index (χ3v) is 5.17. The van der Waals surface area contributed by atoms with Crippen LogP contribution in [-0.2, 0) is 4.74 Å². The predicted octanol–water partition coefficient (Wildman–Crippen LogP) is 5.73. The number of aromatic nitrogens is 3. The molecule has 5 nitrogen and oxygen atoms in total. The van der Waals surface area contributed by atoms with E-state index in [1.54, 1.807) is 25.3 Å². The lowest BCUT2D eigenvalue weighted by Gasteiger charge is -2.17. The van der Waals surface area contributed by atoms with Gasteiger partial charge in [-0.05, 0) is 37.1 Å². The summed E-state index contributed by atoms with van der Waals surface area (Å²) in [6.07, 6.45) is 1.78. The van der Waals surface area contributed by atoms with E-state index in [4.69, 9.17) is 21.3 Å². The van der Waals surface area contributed by atoms with Crippen LogP contribution in [0.15, 0.2) is 42.6 Å². The van der Waals surface area contributed by atoms with Crippen molar-refractivity contribution in [1.82, 2.24) is 15.2 Å². The highest BCUT2D eigenvalue weighted by Gasteiger charge is 2.19. The molecule has 0 atom stereocenters. The molecule has 28 heavy (non-hydrogen) atoms. The largest absolute Gasteiger partial charge is 0.462 e. The van der Waals surface area contributed by atoms with Gasteiger partial charge in [0, 0.05) is 21.9 Å². The number of nitrogens with zero attached hydrogens (tertiary/aromatic N) is 2. The standard InChI is InChI=1S/C22H20ClN3O2/c1-4-28-22(27)14-7-5-13(6-8-14)21-19(12(2)3)20(23)16-9-15-11-24-26-17(15)10-18(16)25-21/h5-12H,4H2,1-3H3,(H,24,26). The number of hydrogen-bond acceptors (Lipinski definition) is 4. The van der Waals surface area contributed by atoms with Gasteiger partial charge in [-0.1, -0.05) is 37.6 Å². The molecule has 0 saturated carbocycles. The zero-order valence-corrected chi connectivity index (χ0v) is 16.7. The van der Waals surface area contributed by atoms with Gasteiger partial charge in [0.05, 0.1) is 40.1 Å². The molecular weight excluding hydrogens is 374 g/mol. The second-order valence-corrected chi connectivity index (χ2v) is 7.35. The fourth-order valence-electron chi connectivity index (χ4n) is 3.40. The zero-order chi connectivity index (χ0) is 19.8. The molecule has 0 radical (unpaired) electrons. The number of fused-ring (bicyclic) bond motifs is 2. The first-order chi connectivity index (χ1) is 13.5. The summed E-state index contributed by atoms with van der Waals surface area (Å²) in [5, 5.41) is 9.68. The molecule has 2 heterocycles. The van der Waals surface area contributed by atoms with Crippen molar-refractivity contribution in [3.63, 3.8) is 0 Å². The van der Waals surface area contributed by atoms with Crippen LogP contribution in [0.4, 0.5) is 0 Å². The predicted molar refractivity (Wildman–Crippen MR) is 112 cm³/mol. The summed E-state index contributed by atoms with van der Waals surface area (Å²) in [6, 6.07) is 11.3. The van der Waals surface area contributed by atoms with Gasteiger partial charge in [0.1, 0.15) is 0 Å². The average Bonchev–Trinajstić information content (AvgIpc) is 3.14. The van der Waals surface area contributed by atoms with E-state index in [1.165, 1.54) is 0 Å². The van der Waals surface area contributed by atoms with Crippen molar-refractivity contribution in [3.8, 4) is 11.3 Å². The summed E-state index contributed by atoms with van der Waals surface area (Å²) in [4.78, 5) is 16.8. The third kappa shape index (κ3) is 3.12. The number of benzene rings is 2. The van der Waals surface area contributed by atoms with Crippen LogP contribution in [-0.4, -0.2) is 27.8 Å². The van der Waals surface area contributed by atoms with Gasteiger partial charge in [-0.3, -0.25) is 5.10 Å². The summed E-state index contributed by atoms with van der Waals surface area (Å²) in [5.41, 5.74) is 4.95. The van der Waals surface area contributed by atoms with Crippen molar-refractivity contribution in [2.75, 3.05) is 6.61 Å². The second kappa shape index (κ2) is 7.24. The average molecular weight is 394 g/mol. The van der Waals surface area contributed by atoms with Crippen molar-refractivity contribution in [1.29, 1.82) is 0 Å². The quantitative estimate of drug-likeness (QED) is 0.449. The van der Waals surface area contributed by atoms with Gasteiger partial charge in [-0.25, -0.2) is 9.78 Å². The van der Waals surface area contributed by atoms with Gasteiger partial charge in [0.15, 0.2) is 0 Å². The van der Waals surface area contributed by atoms with E-state index in [1.807, 2.05) is 24.3 Å². The Morgan fingerprint density at radius 2 is 1.96 bits per heavy atom. The minimum Gasteiger partial charge on any atom is -0.462 e. The lowest BCUT2D eigenvalue weighted by Crippen LogP contribution is -2.04. The van der Waals surface area contributed by atoms with Crippen molar-refractivity contribution < 1.29 is 9.53 Å². The Balaban J connectivity index is 1.90. The van der Waals surface area contributed by atoms with E-state index < -0.39 is 0 Å². The Morgan fingerprint density at radius 1 is 1.21 bits per heavy atom. The molecule has 2 aromatic heterocycles. The highest BCUT2D eigenvalue weighted by atomic mass is 35.5. The molecule has 0 aliphatic heterocycles. The first-order valence-corrected chi connectivity index (χ1v) is 9.61. The maximum Gasteiger partial charge on any atom is 0.338 e. The first kappa shape index (κ1) is 18.4. The number of ether oxygens (including phenoxy) is 1. The topological polar surface area (TPSA) is 67.9 Å². The lowest BCUT2D eigenvalue weighted by molar-refractivity contribution is 0.0526. The number of hydrogen-bond donors (Lipinski definition) is 1. The number of carbonyl (C=O) groups excluding carboxylic acids is 1. The first-order valence-electron chi connectivity index (χ1n) is 9.23. The molecule has 1 N–H and O–H groups in total. The maximum atomic E-state index is 11.9. The van der Waals surface area contributed by atoms with Crippen molar-refractivity contribution >= 4 is 39.4 Å². The summed E-state index contributed by atoms with van der Waals surface area (Å²) in [6.45, 7) is 6.34. The second-order valence-electron chi connectivity index (χ2n) is 6.97. The molecule has 142 valence electrons. The van der Waals surface area contributed by atoms with E-state index in [0.717, 1.165) is 38.6 Å². The Morgan fingerprint density at radius 3 is 2.64 bits per heavy atom. The van der Waals surface area contributed by atoms with Crippen LogP contribution in [0.2, 0.25) is 5.02 Å². The van der Waals surface area contributed by atoms with Gasteiger partial charge < -0.3 is 4.74 Å². The van der Waals surface area contributed by atoms with Crippen LogP contribution in [0.5, 0.6) is 0 Å². The minimum absolute atomic E-state index is 0.184. The summed E-state index contributed by atoms with van der Waals surface area (Å²) in [5.74, 6) is -0.145. The summed E-state index contributed by atoms with van der Waals surface area (Å²) < 4.78 is 5.06. The molecule has 6 heteroatoms. The molecule has 0 spiro atoms. The highest BCUT2D eigenvalue weighted by Crippen LogP contribution is 2.39. The van der Waals surface area contributed by atoms with Crippen LogP contribution < -0.4 is 0 Å². The minimum atomic E-state index is -0.329. The van der Waals surface area contributed by atoms with Gasteiger partial charge >= 0.3 is 5.97 Å². The van der Waals surface area contributed by atoms with E-state index in [0.29, 0.717) is 17.2 Å². The van der Waals surface area contributed by atoms with Crippen LogP contribution in [0.3, 0.4) is 0 Å². The maximum absolute atomic E-state index is 11.9. The number of aromatic amines is 1. The molecular formula is C22H20ClN3O2. The Kier molecular flexibility index (Phi) is 4.77. The molecule has 0 aliphatic carbocycles. The number of halogens is 1. The zero-order valence-electron chi connectivity index (χ0n) is 15.9. The van der Waals surface area contributed by atoms with E-state index in [9.17, 15) is 4.79 Å². The lowest BCUT2D eigenvalue weighted by atomic mass is 9.94. The van der Waals surface area contributed by atoms with E-state index in [-0.39, 0.29) is 11.9 Å². The molecule has 0 aliphatic rings. The van der Waals surface area contributed by atoms with Crippen molar-refractivity contribution in [2.24, 2.45) is 0 Å². The Labute approximate surface area is 167 Å². The van der Waals surface area contributed by atoms with Gasteiger partial charge in [-0.15, -0.1) is 0 Å². The highest BCUT2D eigenvalue weighted by molar-refractivity contribution is 6.37. The number of carbonyl (C=O) groups is 1. The van der Waals surface area contributed by atoms with Gasteiger partial charge in [0.25, 0.3) is 0 Å². The number of pyridine rings is 1. The van der Waals surface area contributed by atoms with Crippen LogP contribution in [0, 0.1) is 0 Å². The fraction of sp³-hybridized carbons (Fsp3) is 0.227. The molecule has 4 aromatic rings. The van der Waals surface area contributed by atoms with Crippen molar-refractivity contribution in [3.05, 3.63) is 58.7 Å². The molecule has 0 unspecified atom stereocenters. The fourth-order valence-corrected chi connectivity index (χ4v) is 3.86. The monoisotopic (exact) mass is 393 g/mol. The smallest absolute Gasteiger partial charge is 0.338 e. The van der Waals surface area contributed by atoms with E-state index in [2.05, 4.69) is 24.0 Å². The normalized spacial score (nSPS) is 11.5. The SMILES string of the molecule is CCOC(=O)c1ccc(-c2nc3cc4[nH]ncc4cc3c(Cl)c2C(C)C)cc1. The number of H-pyrrole nitrogens is 1. The number of esters is 1.